The molecule has 147 heavy (non-hydrogen) atoms. The van der Waals surface area contributed by atoms with Crippen LogP contribution in [-0.2, 0) is 73.4 Å². The molecule has 12 amide bonds. The second kappa shape index (κ2) is 40.7. The smallest absolute Gasteiger partial charge is 0.319 e. The summed E-state index contributed by atoms with van der Waals surface area (Å²) in [6, 6.07) is 82.8. The van der Waals surface area contributed by atoms with Crippen LogP contribution in [0.2, 0.25) is 25.1 Å². The zero-order valence-electron chi connectivity index (χ0n) is 78.7. The van der Waals surface area contributed by atoms with Crippen LogP contribution in [0.5, 0.6) is 0 Å². The van der Waals surface area contributed by atoms with E-state index < -0.39 is 28.3 Å². The van der Waals surface area contributed by atoms with Crippen molar-refractivity contribution in [2.75, 3.05) is 72.0 Å². The first-order chi connectivity index (χ1) is 71.5. The summed E-state index contributed by atoms with van der Waals surface area (Å²) in [7, 11) is 0. The topological polar surface area (TPSA) is 331 Å². The van der Waals surface area contributed by atoms with E-state index in [0.717, 1.165) is 56.5 Å². The molecule has 5 saturated heterocycles. The van der Waals surface area contributed by atoms with Crippen LogP contribution in [0, 0.1) is 0 Å². The SMILES string of the molecule is O=C(NCCc1ccccc1)N1CCN2C(=O)c3ncccc3CC12c1ccc(Cl)cc1.O=C(NCc1ccccc1)N1CCN2C(=O)c3ncccc3CC12c1ccc(Cl)cc1.O=C(c1ccco1)N1CCN2C(=O)c3cccnc3CC12c1ccc(Cl)cc1.O=C(c1cccs1)N1CCN2C(=O)c3cccnc3CC12c1ccc(Cl)cc1.O=C(c1ccno1)N1CCN2C(=O)c3cccnc3CC12c1ccc(Cl)cc1. The summed E-state index contributed by atoms with van der Waals surface area (Å²) in [6.07, 6.45) is 14.1. The lowest BCUT2D eigenvalue weighted by molar-refractivity contribution is 0.00419. The minimum absolute atomic E-state index is 0.0698. The van der Waals surface area contributed by atoms with Gasteiger partial charge in [0.2, 0.25) is 5.76 Å². The number of fused-ring (bicyclic) bond motifs is 10. The molecule has 15 aromatic rings. The maximum atomic E-state index is 13.4. The van der Waals surface area contributed by atoms with Crippen LogP contribution in [0.1, 0.15) is 150 Å². The monoisotopic (exact) mass is 2070 g/mol. The molecule has 8 aromatic heterocycles. The minimum Gasteiger partial charge on any atom is -0.459 e. The highest BCUT2D eigenvalue weighted by Crippen LogP contribution is 2.52. The van der Waals surface area contributed by atoms with Gasteiger partial charge < -0.3 is 58.8 Å². The number of hydrogen-bond acceptors (Lipinski definition) is 19. The van der Waals surface area contributed by atoms with Crippen LogP contribution < -0.4 is 10.6 Å². The summed E-state index contributed by atoms with van der Waals surface area (Å²) < 4.78 is 10.5. The number of furan rings is 1. The fraction of sp³-hybridized carbons (Fsp3) is 0.207. The molecule has 5 atom stereocenters. The second-order valence-corrected chi connectivity index (χ2v) is 39.5. The number of halogens is 5. The van der Waals surface area contributed by atoms with Crippen LogP contribution in [0.4, 0.5) is 9.59 Å². The van der Waals surface area contributed by atoms with Crippen LogP contribution >= 0.6 is 69.3 Å². The second-order valence-electron chi connectivity index (χ2n) is 36.4. The number of benzene rings is 7. The van der Waals surface area contributed by atoms with Gasteiger partial charge >= 0.3 is 12.1 Å². The van der Waals surface area contributed by atoms with Crippen molar-refractivity contribution in [3.05, 3.63) is 459 Å². The summed E-state index contributed by atoms with van der Waals surface area (Å²) in [5, 5.41) is 14.6. The molecule has 10 aliphatic heterocycles. The zero-order chi connectivity index (χ0) is 101. The lowest BCUT2D eigenvalue weighted by atomic mass is 9.85. The Morgan fingerprint density at radius 3 is 1.05 bits per heavy atom. The van der Waals surface area contributed by atoms with Gasteiger partial charge in [-0.25, -0.2) is 9.59 Å². The molecule has 0 spiro atoms. The molecule has 10 aliphatic rings. The van der Waals surface area contributed by atoms with Crippen molar-refractivity contribution < 1.29 is 56.9 Å². The van der Waals surface area contributed by atoms with Crippen LogP contribution in [0.25, 0.3) is 0 Å². The number of amides is 12. The van der Waals surface area contributed by atoms with Gasteiger partial charge in [-0.15, -0.1) is 11.3 Å². The van der Waals surface area contributed by atoms with Crippen molar-refractivity contribution in [2.24, 2.45) is 0 Å². The van der Waals surface area contributed by atoms with Gasteiger partial charge in [0.15, 0.2) is 5.76 Å². The number of pyridine rings is 5. The Morgan fingerprint density at radius 2 is 0.673 bits per heavy atom. The van der Waals surface area contributed by atoms with Crippen molar-refractivity contribution in [3.8, 4) is 0 Å². The third-order valence-corrected chi connectivity index (χ3v) is 30.9. The molecule has 0 radical (unpaired) electrons. The molecule has 0 saturated carbocycles. The van der Waals surface area contributed by atoms with E-state index in [0.29, 0.717) is 186 Å². The highest BCUT2D eigenvalue weighted by atomic mass is 35.5. The summed E-state index contributed by atoms with van der Waals surface area (Å²) in [6.45, 7) is 5.27. The predicted octanol–water partition coefficient (Wildman–Crippen LogP) is 17.5. The number of carbonyl (C=O) groups is 10. The van der Waals surface area contributed by atoms with Crippen molar-refractivity contribution >= 4 is 129 Å². The third-order valence-electron chi connectivity index (χ3n) is 28.8. The first kappa shape index (κ1) is 97.3. The number of rotatable bonds is 13. The van der Waals surface area contributed by atoms with Crippen LogP contribution in [0.3, 0.4) is 0 Å². The van der Waals surface area contributed by atoms with E-state index in [2.05, 4.69) is 40.7 Å². The standard InChI is InChI=1S/C25H23ClN4O2.C24H21ClN4O2.C21H16ClN3O3.C21H16ClN3O2S.C20H15ClN4O3/c26-21-10-8-20(9-11-21)25-17-19-7-4-13-27-22(19)23(31)29(25)15-16-30(25)24(32)28-14-12-18-5-2-1-3-6-18;25-20-10-8-19(9-11-20)24-15-18-7-4-12-26-21(18)22(30)28(24)13-14-29(24)23(31)27-16-17-5-2-1-3-6-17;2*22-15-7-5-14(6-8-15)21-13-17-16(3-1-9-23-17)19(26)24(21)10-11-25(21)20(27)18-4-2-12-28-18;21-14-5-3-13(4-6-14)20-12-16-15(2-1-8-22-16)18(26)24(20)10-11-25(20)19(27)17-7-9-23-28-17/h1-11,13H,12,14-17H2,(H,28,32);1-12H,13-16H2,(H,27,31);2*1-9,12H,10-11,13H2;1-9H,10-12H2. The Morgan fingerprint density at radius 1 is 0.320 bits per heavy atom. The molecule has 7 aromatic carbocycles. The molecule has 18 heterocycles. The highest BCUT2D eigenvalue weighted by Gasteiger charge is 2.63. The van der Waals surface area contributed by atoms with Crippen molar-refractivity contribution in [3.63, 3.8) is 0 Å². The fourth-order valence-corrected chi connectivity index (χ4v) is 23.4. The zero-order valence-corrected chi connectivity index (χ0v) is 83.3. The number of nitrogens with one attached hydrogen (secondary N) is 2. The molecule has 5 unspecified atom stereocenters. The number of thiophene rings is 1. The maximum Gasteiger partial charge on any atom is 0.319 e. The van der Waals surface area contributed by atoms with E-state index in [-0.39, 0.29) is 70.8 Å². The first-order valence-electron chi connectivity index (χ1n) is 47.7. The number of carbonyl (C=O) groups excluding carboxylic acids is 10. The molecule has 25 rings (SSSR count). The molecule has 2 N–H and O–H groups in total. The number of hydrogen-bond donors (Lipinski definition) is 2. The van der Waals surface area contributed by atoms with E-state index in [1.54, 1.807) is 179 Å². The average Bonchev–Trinajstić information content (AvgIpc) is 1.60. The number of urea groups is 2. The van der Waals surface area contributed by atoms with E-state index >= 15 is 0 Å². The van der Waals surface area contributed by atoms with Gasteiger partial charge in [-0.05, 0) is 189 Å². The quantitative estimate of drug-likeness (QED) is 0.108. The fourth-order valence-electron chi connectivity index (χ4n) is 22.1. The molecule has 5 fully saturated rings. The Labute approximate surface area is 873 Å². The summed E-state index contributed by atoms with van der Waals surface area (Å²) in [5.41, 5.74) is 8.10. The van der Waals surface area contributed by atoms with E-state index in [4.69, 9.17) is 66.9 Å². The Kier molecular flexibility index (Phi) is 26.9. The van der Waals surface area contributed by atoms with Crippen molar-refractivity contribution in [2.45, 2.75) is 73.4 Å². The van der Waals surface area contributed by atoms with Gasteiger partial charge in [0.1, 0.15) is 39.7 Å². The number of aromatic nitrogens is 6. The number of nitrogens with zero attached hydrogens (tertiary/aromatic N) is 16. The summed E-state index contributed by atoms with van der Waals surface area (Å²) >= 11 is 32.0. The van der Waals surface area contributed by atoms with E-state index in [1.165, 1.54) is 29.9 Å². The molecule has 36 heteroatoms. The normalized spacial score (nSPS) is 20.3. The van der Waals surface area contributed by atoms with E-state index in [9.17, 15) is 47.9 Å². The first-order valence-corrected chi connectivity index (χ1v) is 50.5. The van der Waals surface area contributed by atoms with Gasteiger partial charge in [0.05, 0.1) is 51.1 Å². The summed E-state index contributed by atoms with van der Waals surface area (Å²) in [4.78, 5) is 174. The van der Waals surface area contributed by atoms with Crippen molar-refractivity contribution in [1.82, 2.24) is 89.7 Å². The van der Waals surface area contributed by atoms with Crippen LogP contribution in [-0.4, -0.2) is 210 Å². The van der Waals surface area contributed by atoms with Gasteiger partial charge in [0, 0.05) is 173 Å². The Balaban J connectivity index is 0.000000108. The molecular formula is C111H91Cl5N18O12S. The minimum atomic E-state index is -0.993. The van der Waals surface area contributed by atoms with Gasteiger partial charge in [-0.1, -0.05) is 203 Å². The molecule has 0 aliphatic carbocycles. The van der Waals surface area contributed by atoms with Gasteiger partial charge in [-0.3, -0.25) is 73.1 Å². The third kappa shape index (κ3) is 17.6. The molecule has 738 valence electrons. The Hall–Kier alpha value is -15.8. The largest absolute Gasteiger partial charge is 0.459 e. The molecular weight excluding hydrogens is 1990 g/mol. The predicted molar refractivity (Wildman–Crippen MR) is 549 cm³/mol. The van der Waals surface area contributed by atoms with Crippen LogP contribution in [0.15, 0.2) is 331 Å². The summed E-state index contributed by atoms with van der Waals surface area (Å²) in [5.74, 6) is -0.932. The average molecular weight is 2080 g/mol. The lowest BCUT2D eigenvalue weighted by Crippen LogP contribution is -2.60. The highest BCUT2D eigenvalue weighted by molar-refractivity contribution is 7.12. The van der Waals surface area contributed by atoms with E-state index in [1.807, 2.05) is 173 Å². The van der Waals surface area contributed by atoms with Crippen molar-refractivity contribution in [1.29, 1.82) is 0 Å². The van der Waals surface area contributed by atoms with Gasteiger partial charge in [-0.2, -0.15) is 0 Å². The lowest BCUT2D eigenvalue weighted by Gasteiger charge is -2.46. The molecule has 30 nitrogen and oxygen atoms in total. The van der Waals surface area contributed by atoms with Gasteiger partial charge in [0.25, 0.3) is 47.3 Å². The Bertz CT molecular complexity index is 7140. The molecule has 0 bridgehead atoms. The maximum absolute atomic E-state index is 13.4.